The standard InChI is InChI=1S/C18H23NO2/c20-17-12-5-4-10-15(17)16-11-6-7-13-19(16)18(21)14-8-2-1-3-9-14/h1-3,8-9,15-16H,4-7,10-13H2. The minimum Gasteiger partial charge on any atom is -0.335 e. The van der Waals surface area contributed by atoms with Crippen LogP contribution >= 0.6 is 0 Å². The van der Waals surface area contributed by atoms with E-state index in [9.17, 15) is 9.59 Å². The zero-order chi connectivity index (χ0) is 14.7. The van der Waals surface area contributed by atoms with Crippen LogP contribution in [0.25, 0.3) is 0 Å². The van der Waals surface area contributed by atoms with Crippen LogP contribution < -0.4 is 0 Å². The number of piperidine rings is 1. The Bertz CT molecular complexity index is 511. The first-order valence-corrected chi connectivity index (χ1v) is 8.16. The largest absolute Gasteiger partial charge is 0.335 e. The molecule has 2 aliphatic rings. The lowest BCUT2D eigenvalue weighted by atomic mass is 9.79. The quantitative estimate of drug-likeness (QED) is 0.834. The molecule has 21 heavy (non-hydrogen) atoms. The van der Waals surface area contributed by atoms with Crippen LogP contribution in [0.2, 0.25) is 0 Å². The highest BCUT2D eigenvalue weighted by Gasteiger charge is 2.37. The van der Waals surface area contributed by atoms with E-state index in [4.69, 9.17) is 0 Å². The molecule has 0 spiro atoms. The molecular weight excluding hydrogens is 262 g/mol. The van der Waals surface area contributed by atoms with Gasteiger partial charge in [0.25, 0.3) is 5.91 Å². The molecule has 1 aromatic rings. The summed E-state index contributed by atoms with van der Waals surface area (Å²) in [6, 6.07) is 9.59. The monoisotopic (exact) mass is 285 g/mol. The first-order valence-electron chi connectivity index (χ1n) is 8.16. The van der Waals surface area contributed by atoms with Gasteiger partial charge < -0.3 is 4.90 Å². The Hall–Kier alpha value is -1.64. The average molecular weight is 285 g/mol. The van der Waals surface area contributed by atoms with E-state index in [1.807, 2.05) is 35.2 Å². The van der Waals surface area contributed by atoms with Crippen LogP contribution in [0, 0.1) is 5.92 Å². The summed E-state index contributed by atoms with van der Waals surface area (Å²) in [6.45, 7) is 0.794. The van der Waals surface area contributed by atoms with Crippen molar-refractivity contribution < 1.29 is 9.59 Å². The second kappa shape index (κ2) is 6.42. The molecule has 0 N–H and O–H groups in total. The molecule has 0 radical (unpaired) electrons. The summed E-state index contributed by atoms with van der Waals surface area (Å²) in [7, 11) is 0. The van der Waals surface area contributed by atoms with Gasteiger partial charge in [-0.25, -0.2) is 0 Å². The summed E-state index contributed by atoms with van der Waals surface area (Å²) in [6.07, 6.45) is 6.98. The molecule has 0 bridgehead atoms. The second-order valence-corrected chi connectivity index (χ2v) is 6.25. The molecule has 2 fully saturated rings. The third-order valence-electron chi connectivity index (χ3n) is 4.90. The van der Waals surface area contributed by atoms with Crippen molar-refractivity contribution in [2.24, 2.45) is 5.92 Å². The maximum Gasteiger partial charge on any atom is 0.254 e. The van der Waals surface area contributed by atoms with Crippen LogP contribution in [-0.4, -0.2) is 29.2 Å². The van der Waals surface area contributed by atoms with Gasteiger partial charge in [0.1, 0.15) is 5.78 Å². The molecule has 3 nitrogen and oxygen atoms in total. The molecule has 1 aliphatic heterocycles. The number of rotatable bonds is 2. The molecule has 112 valence electrons. The van der Waals surface area contributed by atoms with Gasteiger partial charge in [-0.1, -0.05) is 24.6 Å². The minimum absolute atomic E-state index is 0.0757. The van der Waals surface area contributed by atoms with E-state index in [-0.39, 0.29) is 17.9 Å². The Morgan fingerprint density at radius 3 is 2.52 bits per heavy atom. The zero-order valence-electron chi connectivity index (χ0n) is 12.5. The Labute approximate surface area is 126 Å². The van der Waals surface area contributed by atoms with Crippen molar-refractivity contribution >= 4 is 11.7 Å². The maximum absolute atomic E-state index is 12.8. The summed E-state index contributed by atoms with van der Waals surface area (Å²) in [5.74, 6) is 0.546. The predicted molar refractivity (Wildman–Crippen MR) is 82.1 cm³/mol. The predicted octanol–water partition coefficient (Wildman–Crippen LogP) is 3.44. The lowest BCUT2D eigenvalue weighted by molar-refractivity contribution is -0.127. The van der Waals surface area contributed by atoms with Crippen LogP contribution in [0.5, 0.6) is 0 Å². The highest BCUT2D eigenvalue weighted by Crippen LogP contribution is 2.32. The first kappa shape index (κ1) is 14.3. The maximum atomic E-state index is 12.8. The van der Waals surface area contributed by atoms with Crippen molar-refractivity contribution in [3.63, 3.8) is 0 Å². The molecule has 2 unspecified atom stereocenters. The topological polar surface area (TPSA) is 37.4 Å². The summed E-state index contributed by atoms with van der Waals surface area (Å²) < 4.78 is 0. The number of hydrogen-bond donors (Lipinski definition) is 0. The number of amides is 1. The molecule has 1 heterocycles. The lowest BCUT2D eigenvalue weighted by Crippen LogP contribution is -2.50. The fraction of sp³-hybridized carbons (Fsp3) is 0.556. The average Bonchev–Trinajstić information content (AvgIpc) is 2.55. The number of nitrogens with zero attached hydrogens (tertiary/aromatic N) is 1. The molecule has 0 aromatic heterocycles. The molecule has 2 atom stereocenters. The second-order valence-electron chi connectivity index (χ2n) is 6.25. The van der Waals surface area contributed by atoms with Crippen molar-refractivity contribution in [1.29, 1.82) is 0 Å². The number of Topliss-reactive ketones (excluding diaryl/α,β-unsaturated/α-hetero) is 1. The van der Waals surface area contributed by atoms with E-state index < -0.39 is 0 Å². The van der Waals surface area contributed by atoms with Crippen molar-refractivity contribution in [1.82, 2.24) is 4.90 Å². The normalized spacial score (nSPS) is 26.7. The Morgan fingerprint density at radius 1 is 1.00 bits per heavy atom. The highest BCUT2D eigenvalue weighted by molar-refractivity contribution is 5.95. The number of ketones is 1. The fourth-order valence-electron chi connectivity index (χ4n) is 3.79. The highest BCUT2D eigenvalue weighted by atomic mass is 16.2. The Balaban J connectivity index is 1.81. The van der Waals surface area contributed by atoms with E-state index in [0.717, 1.165) is 50.6 Å². The van der Waals surface area contributed by atoms with Crippen molar-refractivity contribution in [2.75, 3.05) is 6.54 Å². The molecule has 1 amide bonds. The van der Waals surface area contributed by atoms with Gasteiger partial charge in [-0.05, 0) is 44.2 Å². The van der Waals surface area contributed by atoms with Crippen LogP contribution in [0.1, 0.15) is 55.3 Å². The molecule has 3 heteroatoms. The van der Waals surface area contributed by atoms with Gasteiger partial charge in [-0.2, -0.15) is 0 Å². The van der Waals surface area contributed by atoms with E-state index in [0.29, 0.717) is 12.2 Å². The van der Waals surface area contributed by atoms with Crippen molar-refractivity contribution in [2.45, 2.75) is 51.0 Å². The fourth-order valence-corrected chi connectivity index (χ4v) is 3.79. The summed E-state index contributed by atoms with van der Waals surface area (Å²) >= 11 is 0. The smallest absolute Gasteiger partial charge is 0.254 e. The van der Waals surface area contributed by atoms with E-state index >= 15 is 0 Å². The van der Waals surface area contributed by atoms with Gasteiger partial charge in [0.15, 0.2) is 0 Å². The van der Waals surface area contributed by atoms with Crippen LogP contribution in [0.3, 0.4) is 0 Å². The van der Waals surface area contributed by atoms with Gasteiger partial charge in [0.05, 0.1) is 0 Å². The van der Waals surface area contributed by atoms with Gasteiger partial charge in [0.2, 0.25) is 0 Å². The molecule has 1 saturated carbocycles. The molecule has 1 saturated heterocycles. The van der Waals surface area contributed by atoms with Gasteiger partial charge in [-0.15, -0.1) is 0 Å². The minimum atomic E-state index is 0.0757. The number of carbonyl (C=O) groups excluding carboxylic acids is 2. The number of benzene rings is 1. The molecule has 3 rings (SSSR count). The van der Waals surface area contributed by atoms with Crippen molar-refractivity contribution in [3.05, 3.63) is 35.9 Å². The van der Waals surface area contributed by atoms with Gasteiger partial charge in [-0.3, -0.25) is 9.59 Å². The van der Waals surface area contributed by atoms with E-state index in [2.05, 4.69) is 0 Å². The number of carbonyl (C=O) groups is 2. The Kier molecular flexibility index (Phi) is 4.37. The van der Waals surface area contributed by atoms with Crippen LogP contribution in [-0.2, 0) is 4.79 Å². The number of hydrogen-bond acceptors (Lipinski definition) is 2. The van der Waals surface area contributed by atoms with Crippen LogP contribution in [0.15, 0.2) is 30.3 Å². The van der Waals surface area contributed by atoms with E-state index in [1.54, 1.807) is 0 Å². The SMILES string of the molecule is O=C1CCCCC1C1CCCCN1C(=O)c1ccccc1. The molecule has 1 aromatic carbocycles. The van der Waals surface area contributed by atoms with Gasteiger partial charge >= 0.3 is 0 Å². The summed E-state index contributed by atoms with van der Waals surface area (Å²) in [4.78, 5) is 27.0. The lowest BCUT2D eigenvalue weighted by Gasteiger charge is -2.41. The van der Waals surface area contributed by atoms with Crippen LogP contribution in [0.4, 0.5) is 0 Å². The summed E-state index contributed by atoms with van der Waals surface area (Å²) in [5, 5.41) is 0. The molecule has 1 aliphatic carbocycles. The first-order chi connectivity index (χ1) is 10.3. The van der Waals surface area contributed by atoms with E-state index in [1.165, 1.54) is 0 Å². The third-order valence-corrected chi connectivity index (χ3v) is 4.90. The number of likely N-dealkylation sites (tertiary alicyclic amines) is 1. The third kappa shape index (κ3) is 3.02. The zero-order valence-corrected chi connectivity index (χ0v) is 12.5. The van der Waals surface area contributed by atoms with Crippen molar-refractivity contribution in [3.8, 4) is 0 Å². The summed E-state index contributed by atoms with van der Waals surface area (Å²) in [5.41, 5.74) is 0.743. The Morgan fingerprint density at radius 2 is 1.76 bits per heavy atom. The van der Waals surface area contributed by atoms with Gasteiger partial charge in [0, 0.05) is 30.5 Å². The molecular formula is C18H23NO2.